The molecule has 1 aromatic heterocycles. The van der Waals surface area contributed by atoms with Gasteiger partial charge in [-0.2, -0.15) is 0 Å². The monoisotopic (exact) mass is 313 g/mol. The van der Waals surface area contributed by atoms with Crippen LogP contribution in [0.15, 0.2) is 47.3 Å². The lowest BCUT2D eigenvalue weighted by atomic mass is 10.1. The fraction of sp³-hybridized carbons (Fsp3) is 0.176. The summed E-state index contributed by atoms with van der Waals surface area (Å²) in [4.78, 5) is 24.0. The smallest absolute Gasteiger partial charge is 0.331 e. The third-order valence-corrected chi connectivity index (χ3v) is 4.39. The van der Waals surface area contributed by atoms with Crippen molar-refractivity contribution in [2.24, 2.45) is 0 Å². The van der Waals surface area contributed by atoms with Gasteiger partial charge in [-0.3, -0.25) is 9.36 Å². The zero-order valence-corrected chi connectivity index (χ0v) is 13.1. The Balaban J connectivity index is 1.86. The average Bonchev–Trinajstić information content (AvgIpc) is 2.79. The normalized spacial score (nSPS) is 10.8. The molecule has 0 bridgehead atoms. The highest BCUT2D eigenvalue weighted by atomic mass is 32.1. The van der Waals surface area contributed by atoms with E-state index >= 15 is 0 Å². The van der Waals surface area contributed by atoms with Gasteiger partial charge >= 0.3 is 10.8 Å². The molecule has 0 radical (unpaired) electrons. The molecule has 0 spiro atoms. The SMILES string of the molecule is Cc1ccc(C)c(OC(=O)Cn2c(=O)sc3ccccc32)c1. The largest absolute Gasteiger partial charge is 0.425 e. The zero-order valence-electron chi connectivity index (χ0n) is 12.3. The number of hydrogen-bond acceptors (Lipinski definition) is 4. The van der Waals surface area contributed by atoms with Crippen molar-refractivity contribution in [3.8, 4) is 5.75 Å². The molecular weight excluding hydrogens is 298 g/mol. The molecule has 0 unspecified atom stereocenters. The molecule has 2 aromatic carbocycles. The van der Waals surface area contributed by atoms with Crippen LogP contribution >= 0.6 is 11.3 Å². The molecule has 0 fully saturated rings. The molecule has 0 saturated carbocycles. The number of aromatic nitrogens is 1. The van der Waals surface area contributed by atoms with Crippen LogP contribution in [0, 0.1) is 13.8 Å². The van der Waals surface area contributed by atoms with Gasteiger partial charge in [-0.05, 0) is 43.2 Å². The minimum atomic E-state index is -0.445. The van der Waals surface area contributed by atoms with E-state index < -0.39 is 5.97 Å². The van der Waals surface area contributed by atoms with Crippen molar-refractivity contribution in [1.82, 2.24) is 4.57 Å². The first-order valence-corrected chi connectivity index (χ1v) is 7.72. The van der Waals surface area contributed by atoms with Crippen molar-refractivity contribution in [3.63, 3.8) is 0 Å². The number of aryl methyl sites for hydroxylation is 2. The summed E-state index contributed by atoms with van der Waals surface area (Å²) in [6.45, 7) is 3.73. The van der Waals surface area contributed by atoms with Crippen LogP contribution in [0.3, 0.4) is 0 Å². The molecule has 1 heterocycles. The number of para-hydroxylation sites is 1. The lowest BCUT2D eigenvalue weighted by molar-refractivity contribution is -0.135. The Labute approximate surface area is 131 Å². The van der Waals surface area contributed by atoms with Crippen molar-refractivity contribution < 1.29 is 9.53 Å². The van der Waals surface area contributed by atoms with Crippen molar-refractivity contribution in [2.45, 2.75) is 20.4 Å². The van der Waals surface area contributed by atoms with Crippen molar-refractivity contribution in [3.05, 3.63) is 63.3 Å². The molecule has 0 N–H and O–H groups in total. The van der Waals surface area contributed by atoms with Gasteiger partial charge in [0.25, 0.3) is 0 Å². The highest BCUT2D eigenvalue weighted by Crippen LogP contribution is 2.20. The number of fused-ring (bicyclic) bond motifs is 1. The van der Waals surface area contributed by atoms with Gasteiger partial charge in [-0.25, -0.2) is 4.79 Å². The first kappa shape index (κ1) is 14.5. The number of nitrogens with zero attached hydrogens (tertiary/aromatic N) is 1. The van der Waals surface area contributed by atoms with E-state index in [0.717, 1.165) is 32.7 Å². The number of carbonyl (C=O) groups excluding carboxylic acids is 1. The highest BCUT2D eigenvalue weighted by Gasteiger charge is 2.13. The molecule has 0 atom stereocenters. The van der Waals surface area contributed by atoms with Gasteiger partial charge in [0.05, 0.1) is 10.2 Å². The molecule has 0 aliphatic carbocycles. The molecular formula is C17H15NO3S. The van der Waals surface area contributed by atoms with Crippen molar-refractivity contribution in [2.75, 3.05) is 0 Å². The minimum Gasteiger partial charge on any atom is -0.425 e. The Morgan fingerprint density at radius 3 is 2.77 bits per heavy atom. The highest BCUT2D eigenvalue weighted by molar-refractivity contribution is 7.16. The summed E-state index contributed by atoms with van der Waals surface area (Å²) >= 11 is 1.13. The topological polar surface area (TPSA) is 48.3 Å². The predicted molar refractivity (Wildman–Crippen MR) is 87.6 cm³/mol. The average molecular weight is 313 g/mol. The summed E-state index contributed by atoms with van der Waals surface area (Å²) in [5, 5.41) is 0. The van der Waals surface area contributed by atoms with Gasteiger partial charge in [0, 0.05) is 0 Å². The maximum Gasteiger partial charge on any atom is 0.331 e. The number of thiazole rings is 1. The second-order valence-electron chi connectivity index (χ2n) is 5.16. The van der Waals surface area contributed by atoms with Crippen LogP contribution in [0.25, 0.3) is 10.2 Å². The van der Waals surface area contributed by atoms with Crippen LogP contribution in [-0.4, -0.2) is 10.5 Å². The lowest BCUT2D eigenvalue weighted by Gasteiger charge is -2.09. The Kier molecular flexibility index (Phi) is 3.81. The third-order valence-electron chi connectivity index (χ3n) is 3.43. The molecule has 0 aliphatic rings. The number of carbonyl (C=O) groups is 1. The maximum absolute atomic E-state index is 12.2. The summed E-state index contributed by atoms with van der Waals surface area (Å²) in [5.41, 5.74) is 2.67. The van der Waals surface area contributed by atoms with Gasteiger partial charge in [0.2, 0.25) is 0 Å². The minimum absolute atomic E-state index is 0.0871. The van der Waals surface area contributed by atoms with Crippen LogP contribution < -0.4 is 9.61 Å². The van der Waals surface area contributed by atoms with E-state index in [4.69, 9.17) is 4.74 Å². The molecule has 22 heavy (non-hydrogen) atoms. The fourth-order valence-electron chi connectivity index (χ4n) is 2.26. The summed E-state index contributed by atoms with van der Waals surface area (Å²) in [5.74, 6) is 0.0944. The Hall–Kier alpha value is -2.40. The molecule has 3 aromatic rings. The van der Waals surface area contributed by atoms with Gasteiger partial charge < -0.3 is 4.74 Å². The van der Waals surface area contributed by atoms with Crippen LogP contribution in [-0.2, 0) is 11.3 Å². The van der Waals surface area contributed by atoms with E-state index in [-0.39, 0.29) is 11.4 Å². The van der Waals surface area contributed by atoms with E-state index in [1.165, 1.54) is 4.57 Å². The van der Waals surface area contributed by atoms with Gasteiger partial charge in [0.15, 0.2) is 0 Å². The maximum atomic E-state index is 12.2. The summed E-state index contributed by atoms with van der Waals surface area (Å²) in [7, 11) is 0. The molecule has 5 heteroatoms. The predicted octanol–water partition coefficient (Wildman–Crippen LogP) is 3.29. The van der Waals surface area contributed by atoms with E-state index in [9.17, 15) is 9.59 Å². The van der Waals surface area contributed by atoms with Crippen LogP contribution in [0.4, 0.5) is 0 Å². The van der Waals surface area contributed by atoms with Crippen molar-refractivity contribution in [1.29, 1.82) is 0 Å². The quantitative estimate of drug-likeness (QED) is 0.551. The number of rotatable bonds is 3. The van der Waals surface area contributed by atoms with E-state index in [1.807, 2.05) is 56.3 Å². The summed E-state index contributed by atoms with van der Waals surface area (Å²) < 4.78 is 7.73. The second-order valence-corrected chi connectivity index (χ2v) is 6.16. The van der Waals surface area contributed by atoms with Gasteiger partial charge in [-0.1, -0.05) is 35.6 Å². The summed E-state index contributed by atoms with van der Waals surface area (Å²) in [6, 6.07) is 13.1. The molecule has 4 nitrogen and oxygen atoms in total. The second kappa shape index (κ2) is 5.77. The number of benzene rings is 2. The summed E-state index contributed by atoms with van der Waals surface area (Å²) in [6.07, 6.45) is 0. The van der Waals surface area contributed by atoms with Crippen LogP contribution in [0.2, 0.25) is 0 Å². The van der Waals surface area contributed by atoms with Gasteiger partial charge in [-0.15, -0.1) is 0 Å². The van der Waals surface area contributed by atoms with Gasteiger partial charge in [0.1, 0.15) is 12.3 Å². The third kappa shape index (κ3) is 2.80. The van der Waals surface area contributed by atoms with Crippen LogP contribution in [0.1, 0.15) is 11.1 Å². The van der Waals surface area contributed by atoms with E-state index in [0.29, 0.717) is 5.75 Å². The standard InChI is InChI=1S/C17H15NO3S/c1-11-7-8-12(2)14(9-11)21-16(19)10-18-13-5-3-4-6-15(13)22-17(18)20/h3-9H,10H2,1-2H3. The molecule has 0 saturated heterocycles. The fourth-order valence-corrected chi connectivity index (χ4v) is 3.16. The zero-order chi connectivity index (χ0) is 15.7. The first-order valence-electron chi connectivity index (χ1n) is 6.91. The molecule has 0 aliphatic heterocycles. The van der Waals surface area contributed by atoms with Crippen LogP contribution in [0.5, 0.6) is 5.75 Å². The first-order chi connectivity index (χ1) is 10.5. The molecule has 3 rings (SSSR count). The van der Waals surface area contributed by atoms with Crippen molar-refractivity contribution >= 4 is 27.5 Å². The Morgan fingerprint density at radius 1 is 1.18 bits per heavy atom. The van der Waals surface area contributed by atoms with E-state index in [1.54, 1.807) is 0 Å². The Morgan fingerprint density at radius 2 is 1.95 bits per heavy atom. The lowest BCUT2D eigenvalue weighted by Crippen LogP contribution is -2.22. The Bertz CT molecular complexity index is 908. The number of ether oxygens (including phenoxy) is 1. The number of hydrogen-bond donors (Lipinski definition) is 0. The van der Waals surface area contributed by atoms with E-state index in [2.05, 4.69) is 0 Å². The molecule has 0 amide bonds. The number of esters is 1. The molecule has 112 valence electrons.